The van der Waals surface area contributed by atoms with Crippen LogP contribution >= 0.6 is 0 Å². The van der Waals surface area contributed by atoms with E-state index in [4.69, 9.17) is 18.9 Å². The molecule has 2 N–H and O–H groups in total. The number of carbonyl (C=O) groups is 2. The number of methoxy groups -OCH3 is 4. The number of carbonyl (C=O) groups excluding carboxylic acids is 2. The van der Waals surface area contributed by atoms with Crippen molar-refractivity contribution in [1.29, 1.82) is 0 Å². The molecule has 1 aliphatic carbocycles. The highest BCUT2D eigenvalue weighted by Gasteiger charge is 2.41. The molecule has 1 heterocycles. The zero-order valence-corrected chi connectivity index (χ0v) is 24.8. The Labute approximate surface area is 246 Å². The van der Waals surface area contributed by atoms with Crippen LogP contribution in [-0.2, 0) is 9.59 Å². The van der Waals surface area contributed by atoms with Crippen molar-refractivity contribution in [3.05, 3.63) is 99.9 Å². The Morgan fingerprint density at radius 2 is 1.33 bits per heavy atom. The van der Waals surface area contributed by atoms with Crippen molar-refractivity contribution in [1.82, 2.24) is 5.32 Å². The minimum Gasteiger partial charge on any atom is -0.493 e. The summed E-state index contributed by atoms with van der Waals surface area (Å²) in [6, 6.07) is 18.9. The van der Waals surface area contributed by atoms with Gasteiger partial charge in [-0.2, -0.15) is 0 Å². The van der Waals surface area contributed by atoms with Crippen LogP contribution in [0.15, 0.2) is 83.2 Å². The Balaban J connectivity index is 1.58. The molecule has 2 atom stereocenters. The van der Waals surface area contributed by atoms with Crippen LogP contribution in [0.1, 0.15) is 48.3 Å². The number of rotatable bonds is 8. The van der Waals surface area contributed by atoms with E-state index < -0.39 is 5.92 Å². The molecule has 5 rings (SSSR count). The van der Waals surface area contributed by atoms with E-state index in [0.29, 0.717) is 58.4 Å². The maximum atomic E-state index is 14.1. The molecule has 8 heteroatoms. The molecule has 0 radical (unpaired) electrons. The van der Waals surface area contributed by atoms with Crippen molar-refractivity contribution in [3.63, 3.8) is 0 Å². The van der Waals surface area contributed by atoms with Gasteiger partial charge in [-0.1, -0.05) is 29.8 Å². The van der Waals surface area contributed by atoms with Crippen molar-refractivity contribution in [2.45, 2.75) is 38.5 Å². The summed E-state index contributed by atoms with van der Waals surface area (Å²) in [5.74, 6) is 1.40. The Hall–Kier alpha value is -4.72. The van der Waals surface area contributed by atoms with Crippen molar-refractivity contribution >= 4 is 17.4 Å². The quantitative estimate of drug-likeness (QED) is 0.343. The van der Waals surface area contributed by atoms with Crippen LogP contribution in [0.3, 0.4) is 0 Å². The summed E-state index contributed by atoms with van der Waals surface area (Å²) in [7, 11) is 6.34. The molecule has 3 aromatic carbocycles. The molecular formula is C34H36N2O6. The van der Waals surface area contributed by atoms with E-state index in [1.165, 1.54) is 0 Å². The largest absolute Gasteiger partial charge is 0.493 e. The lowest BCUT2D eigenvalue weighted by Crippen LogP contribution is -2.37. The fourth-order valence-electron chi connectivity index (χ4n) is 5.88. The lowest BCUT2D eigenvalue weighted by molar-refractivity contribution is -0.116. The number of allylic oxidation sites excluding steroid dienone is 3. The lowest BCUT2D eigenvalue weighted by atomic mass is 9.71. The van der Waals surface area contributed by atoms with Crippen molar-refractivity contribution in [3.8, 4) is 23.0 Å². The molecular weight excluding hydrogens is 532 g/mol. The van der Waals surface area contributed by atoms with E-state index in [1.54, 1.807) is 34.5 Å². The van der Waals surface area contributed by atoms with Crippen molar-refractivity contribution in [2.24, 2.45) is 0 Å². The van der Waals surface area contributed by atoms with Crippen molar-refractivity contribution in [2.75, 3.05) is 33.8 Å². The molecule has 8 nitrogen and oxygen atoms in total. The maximum absolute atomic E-state index is 14.1. The first kappa shape index (κ1) is 28.8. The van der Waals surface area contributed by atoms with Crippen LogP contribution in [0.4, 0.5) is 5.69 Å². The molecule has 0 unspecified atom stereocenters. The molecule has 0 saturated heterocycles. The van der Waals surface area contributed by atoms with Gasteiger partial charge in [-0.05, 0) is 73.7 Å². The Bertz CT molecular complexity index is 1590. The molecule has 0 fully saturated rings. The third-order valence-electron chi connectivity index (χ3n) is 8.00. The molecule has 0 saturated carbocycles. The van der Waals surface area contributed by atoms with Gasteiger partial charge in [-0.3, -0.25) is 9.59 Å². The van der Waals surface area contributed by atoms with Gasteiger partial charge in [0.2, 0.25) is 0 Å². The number of hydrogen-bond donors (Lipinski definition) is 2. The van der Waals surface area contributed by atoms with E-state index in [2.05, 4.69) is 10.6 Å². The number of ether oxygens (including phenoxy) is 4. The van der Waals surface area contributed by atoms with E-state index >= 15 is 0 Å². The number of nitrogens with one attached hydrogen (secondary N) is 2. The van der Waals surface area contributed by atoms with Gasteiger partial charge < -0.3 is 29.6 Å². The molecule has 218 valence electrons. The first-order valence-corrected chi connectivity index (χ1v) is 13.8. The monoisotopic (exact) mass is 568 g/mol. The van der Waals surface area contributed by atoms with E-state index in [-0.39, 0.29) is 17.6 Å². The fraction of sp³-hybridized carbons (Fsp3) is 0.294. The number of dihydropyridines is 1. The number of hydrogen-bond acceptors (Lipinski definition) is 7. The summed E-state index contributed by atoms with van der Waals surface area (Å²) >= 11 is 0. The Kier molecular flexibility index (Phi) is 8.24. The second kappa shape index (κ2) is 12.0. The van der Waals surface area contributed by atoms with Crippen LogP contribution in [0, 0.1) is 6.92 Å². The summed E-state index contributed by atoms with van der Waals surface area (Å²) in [5, 5.41) is 6.48. The second-order valence-corrected chi connectivity index (χ2v) is 10.6. The maximum Gasteiger partial charge on any atom is 0.254 e. The second-order valence-electron chi connectivity index (χ2n) is 10.6. The Morgan fingerprint density at radius 1 is 0.762 bits per heavy atom. The summed E-state index contributed by atoms with van der Waals surface area (Å²) < 4.78 is 22.0. The number of ketones is 1. The normalized spacial score (nSPS) is 18.2. The predicted molar refractivity (Wildman–Crippen MR) is 161 cm³/mol. The minimum absolute atomic E-state index is 0.0172. The fourth-order valence-corrected chi connectivity index (χ4v) is 5.88. The first-order valence-electron chi connectivity index (χ1n) is 13.8. The smallest absolute Gasteiger partial charge is 0.254 e. The first-order chi connectivity index (χ1) is 20.3. The van der Waals surface area contributed by atoms with E-state index in [0.717, 1.165) is 22.4 Å². The van der Waals surface area contributed by atoms with Crippen LogP contribution in [-0.4, -0.2) is 40.1 Å². The summed E-state index contributed by atoms with van der Waals surface area (Å²) in [6.07, 6.45) is 0.899. The number of anilines is 1. The molecule has 42 heavy (non-hydrogen) atoms. The average molecular weight is 569 g/mol. The van der Waals surface area contributed by atoms with Crippen LogP contribution < -0.4 is 29.6 Å². The third-order valence-corrected chi connectivity index (χ3v) is 8.00. The number of benzene rings is 3. The number of aryl methyl sites for hydroxylation is 1. The highest BCUT2D eigenvalue weighted by atomic mass is 16.5. The van der Waals surface area contributed by atoms with Gasteiger partial charge >= 0.3 is 0 Å². The topological polar surface area (TPSA) is 95.1 Å². The predicted octanol–water partition coefficient (Wildman–Crippen LogP) is 6.03. The van der Waals surface area contributed by atoms with Crippen molar-refractivity contribution < 1.29 is 28.5 Å². The average Bonchev–Trinajstić information content (AvgIpc) is 3.00. The highest BCUT2D eigenvalue weighted by molar-refractivity contribution is 6.10. The third kappa shape index (κ3) is 5.44. The standard InChI is InChI=1S/C34H36N2O6/c1-19-7-11-24(12-8-19)36-34(38)31-20(2)35-25-15-23(21-9-13-27(39-3)29(17-21)41-5)16-26(37)33(25)32(31)22-10-14-28(40-4)30(18-22)42-6/h7-14,17-18,23,32,35H,15-16H2,1-6H3,(H,36,38)/t23-,32-/m1/s1. The van der Waals surface area contributed by atoms with Gasteiger partial charge in [0.05, 0.1) is 28.4 Å². The summed E-state index contributed by atoms with van der Waals surface area (Å²) in [5.41, 5.74) is 6.12. The van der Waals surface area contributed by atoms with Gasteiger partial charge in [0.15, 0.2) is 28.8 Å². The highest BCUT2D eigenvalue weighted by Crippen LogP contribution is 2.47. The zero-order valence-electron chi connectivity index (χ0n) is 24.8. The summed E-state index contributed by atoms with van der Waals surface area (Å²) in [4.78, 5) is 28.0. The van der Waals surface area contributed by atoms with E-state index in [9.17, 15) is 9.59 Å². The van der Waals surface area contributed by atoms with Gasteiger partial charge in [0.25, 0.3) is 5.91 Å². The number of Topliss-reactive ketones (excluding diaryl/α,β-unsaturated/α-hetero) is 1. The zero-order chi connectivity index (χ0) is 30.0. The van der Waals surface area contributed by atoms with Gasteiger partial charge in [-0.25, -0.2) is 0 Å². The molecule has 2 aliphatic rings. The van der Waals surface area contributed by atoms with E-state index in [1.807, 2.05) is 68.4 Å². The number of amides is 1. The SMILES string of the molecule is COc1ccc([C@H]2CC(=O)C3=C(C2)NC(C)=C(C(=O)Nc2ccc(C)cc2)[C@H]3c2ccc(OC)c(OC)c2)cc1OC. The van der Waals surface area contributed by atoms with Crippen LogP contribution in [0.25, 0.3) is 0 Å². The van der Waals surface area contributed by atoms with Crippen LogP contribution in [0.5, 0.6) is 23.0 Å². The molecule has 3 aromatic rings. The molecule has 1 aliphatic heterocycles. The molecule has 0 spiro atoms. The van der Waals surface area contributed by atoms with Gasteiger partial charge in [0.1, 0.15) is 0 Å². The molecule has 1 amide bonds. The molecule has 0 aromatic heterocycles. The van der Waals surface area contributed by atoms with Gasteiger partial charge in [0, 0.05) is 40.6 Å². The summed E-state index contributed by atoms with van der Waals surface area (Å²) in [6.45, 7) is 3.88. The Morgan fingerprint density at radius 3 is 1.93 bits per heavy atom. The molecule has 0 bridgehead atoms. The van der Waals surface area contributed by atoms with Crippen LogP contribution in [0.2, 0.25) is 0 Å². The lowest BCUT2D eigenvalue weighted by Gasteiger charge is -2.37. The van der Waals surface area contributed by atoms with Gasteiger partial charge in [-0.15, -0.1) is 0 Å². The minimum atomic E-state index is -0.592.